The van der Waals surface area contributed by atoms with Crippen LogP contribution in [-0.4, -0.2) is 24.8 Å². The Labute approximate surface area is 125 Å². The first-order chi connectivity index (χ1) is 9.21. The zero-order chi connectivity index (χ0) is 15.3. The summed E-state index contributed by atoms with van der Waals surface area (Å²) in [5.41, 5.74) is -0.748. The van der Waals surface area contributed by atoms with Crippen LogP contribution in [0.4, 0.5) is 4.79 Å². The Morgan fingerprint density at radius 2 is 2.00 bits per heavy atom. The van der Waals surface area contributed by atoms with Crippen LogP contribution in [0.1, 0.15) is 26.5 Å². The number of rotatable bonds is 3. The van der Waals surface area contributed by atoms with Gasteiger partial charge >= 0.3 is 12.1 Å². The maximum atomic E-state index is 11.7. The van der Waals surface area contributed by atoms with Gasteiger partial charge in [0.1, 0.15) is 17.1 Å². The molecule has 1 aromatic rings. The topological polar surface area (TPSA) is 77.8 Å². The lowest BCUT2D eigenvalue weighted by atomic mass is 10.2. The van der Waals surface area contributed by atoms with Gasteiger partial charge in [0.05, 0.1) is 7.11 Å². The molecular formula is C13H16BrNO5. The van der Waals surface area contributed by atoms with Crippen LogP contribution in [-0.2, 0) is 14.3 Å². The van der Waals surface area contributed by atoms with Gasteiger partial charge in [-0.15, -0.1) is 0 Å². The van der Waals surface area contributed by atoms with Crippen molar-refractivity contribution in [2.24, 2.45) is 0 Å². The van der Waals surface area contributed by atoms with Crippen LogP contribution < -0.4 is 5.32 Å². The molecule has 0 bridgehead atoms. The highest BCUT2D eigenvalue weighted by Crippen LogP contribution is 2.17. The summed E-state index contributed by atoms with van der Waals surface area (Å²) in [5, 5.41) is 2.33. The summed E-state index contributed by atoms with van der Waals surface area (Å²) in [6, 6.07) is 3.29. The van der Waals surface area contributed by atoms with Gasteiger partial charge in [-0.2, -0.15) is 0 Å². The number of hydrogen-bond acceptors (Lipinski definition) is 5. The molecule has 1 amide bonds. The summed E-state index contributed by atoms with van der Waals surface area (Å²) >= 11 is 3.14. The molecule has 1 rings (SSSR count). The first-order valence-corrected chi connectivity index (χ1v) is 6.56. The molecule has 110 valence electrons. The fraction of sp³-hybridized carbons (Fsp3) is 0.385. The van der Waals surface area contributed by atoms with E-state index in [1.807, 2.05) is 0 Å². The highest BCUT2D eigenvalue weighted by atomic mass is 79.9. The molecular weight excluding hydrogens is 330 g/mol. The fourth-order valence-electron chi connectivity index (χ4n) is 1.22. The van der Waals surface area contributed by atoms with E-state index >= 15 is 0 Å². The van der Waals surface area contributed by atoms with Crippen molar-refractivity contribution in [3.63, 3.8) is 0 Å². The molecule has 0 aliphatic heterocycles. The number of carbonyl (C=O) groups excluding carboxylic acids is 2. The molecule has 0 aliphatic carbocycles. The van der Waals surface area contributed by atoms with Crippen LogP contribution in [0, 0.1) is 0 Å². The molecule has 0 saturated carbocycles. The monoisotopic (exact) mass is 345 g/mol. The molecule has 1 N–H and O–H groups in total. The number of amides is 1. The van der Waals surface area contributed by atoms with Crippen molar-refractivity contribution in [1.82, 2.24) is 5.32 Å². The molecule has 1 aromatic heterocycles. The van der Waals surface area contributed by atoms with Crippen molar-refractivity contribution < 1.29 is 23.5 Å². The van der Waals surface area contributed by atoms with Crippen LogP contribution in [0.3, 0.4) is 0 Å². The van der Waals surface area contributed by atoms with Crippen LogP contribution in [0.25, 0.3) is 6.08 Å². The van der Waals surface area contributed by atoms with E-state index < -0.39 is 17.7 Å². The van der Waals surface area contributed by atoms with Crippen molar-refractivity contribution in [2.45, 2.75) is 26.4 Å². The largest absolute Gasteiger partial charge is 0.464 e. The molecule has 0 fully saturated rings. The molecule has 1 heterocycles. The van der Waals surface area contributed by atoms with E-state index in [9.17, 15) is 9.59 Å². The molecule has 7 heteroatoms. The van der Waals surface area contributed by atoms with Gasteiger partial charge in [0.15, 0.2) is 4.67 Å². The Bertz CT molecular complexity index is 527. The first kappa shape index (κ1) is 16.3. The molecule has 0 atom stereocenters. The molecule has 0 unspecified atom stereocenters. The molecule has 0 aromatic carbocycles. The van der Waals surface area contributed by atoms with Crippen LogP contribution >= 0.6 is 15.9 Å². The van der Waals surface area contributed by atoms with E-state index in [1.54, 1.807) is 32.9 Å². The number of ether oxygens (including phenoxy) is 2. The Morgan fingerprint density at radius 3 is 2.45 bits per heavy atom. The highest BCUT2D eigenvalue weighted by Gasteiger charge is 2.20. The van der Waals surface area contributed by atoms with E-state index in [2.05, 4.69) is 26.0 Å². The number of esters is 1. The van der Waals surface area contributed by atoms with Gasteiger partial charge in [-0.3, -0.25) is 5.32 Å². The maximum absolute atomic E-state index is 11.7. The summed E-state index contributed by atoms with van der Waals surface area (Å²) in [6.07, 6.45) is 0.598. The van der Waals surface area contributed by atoms with E-state index in [4.69, 9.17) is 9.15 Å². The van der Waals surface area contributed by atoms with Gasteiger partial charge in [-0.25, -0.2) is 9.59 Å². The second-order valence-electron chi connectivity index (χ2n) is 4.82. The van der Waals surface area contributed by atoms with Crippen molar-refractivity contribution in [2.75, 3.05) is 7.11 Å². The predicted octanol–water partition coefficient (Wildman–Crippen LogP) is 3.08. The van der Waals surface area contributed by atoms with Crippen LogP contribution in [0.2, 0.25) is 0 Å². The molecule has 0 radical (unpaired) electrons. The van der Waals surface area contributed by atoms with Gasteiger partial charge < -0.3 is 13.9 Å². The summed E-state index contributed by atoms with van der Waals surface area (Å²) < 4.78 is 15.4. The average molecular weight is 346 g/mol. The highest BCUT2D eigenvalue weighted by molar-refractivity contribution is 9.10. The van der Waals surface area contributed by atoms with Gasteiger partial charge in [0.2, 0.25) is 0 Å². The van der Waals surface area contributed by atoms with Gasteiger partial charge in [-0.05, 0) is 48.8 Å². The van der Waals surface area contributed by atoms with Crippen molar-refractivity contribution >= 4 is 34.1 Å². The lowest BCUT2D eigenvalue weighted by Crippen LogP contribution is -2.34. The normalized spacial score (nSPS) is 11.9. The van der Waals surface area contributed by atoms with Gasteiger partial charge in [0, 0.05) is 6.08 Å². The first-order valence-electron chi connectivity index (χ1n) is 5.76. The van der Waals surface area contributed by atoms with Gasteiger partial charge in [-0.1, -0.05) is 0 Å². The summed E-state index contributed by atoms with van der Waals surface area (Å²) in [7, 11) is 1.21. The molecule has 0 aliphatic rings. The van der Waals surface area contributed by atoms with E-state index in [0.717, 1.165) is 0 Å². The van der Waals surface area contributed by atoms with E-state index in [1.165, 1.54) is 13.2 Å². The summed E-state index contributed by atoms with van der Waals surface area (Å²) in [6.45, 7) is 5.16. The maximum Gasteiger partial charge on any atom is 0.412 e. The average Bonchev–Trinajstić information content (AvgIpc) is 2.70. The molecule has 20 heavy (non-hydrogen) atoms. The van der Waals surface area contributed by atoms with Crippen molar-refractivity contribution in [3.05, 3.63) is 28.3 Å². The quantitative estimate of drug-likeness (QED) is 0.672. The van der Waals surface area contributed by atoms with E-state index in [0.29, 0.717) is 10.4 Å². The SMILES string of the molecule is COC(=O)/C(=C/c1ccc(Br)o1)NC(=O)OC(C)(C)C. The minimum absolute atomic E-state index is 0.0800. The summed E-state index contributed by atoms with van der Waals surface area (Å²) in [5.74, 6) is -0.322. The number of nitrogens with one attached hydrogen (secondary N) is 1. The lowest BCUT2D eigenvalue weighted by Gasteiger charge is -2.19. The molecule has 6 nitrogen and oxygen atoms in total. The zero-order valence-corrected chi connectivity index (χ0v) is 13.2. The van der Waals surface area contributed by atoms with Crippen LogP contribution in [0.15, 0.2) is 26.9 Å². The Hall–Kier alpha value is -1.76. The Morgan fingerprint density at radius 1 is 1.35 bits per heavy atom. The number of furan rings is 1. The van der Waals surface area contributed by atoms with Crippen molar-refractivity contribution in [3.8, 4) is 0 Å². The molecule has 0 saturated heterocycles. The molecule has 0 spiro atoms. The smallest absolute Gasteiger partial charge is 0.412 e. The third-order valence-corrected chi connectivity index (χ3v) is 2.35. The number of carbonyl (C=O) groups is 2. The number of halogens is 1. The number of hydrogen-bond donors (Lipinski definition) is 1. The van der Waals surface area contributed by atoms with Crippen LogP contribution in [0.5, 0.6) is 0 Å². The second kappa shape index (κ2) is 6.60. The summed E-state index contributed by atoms with van der Waals surface area (Å²) in [4.78, 5) is 23.3. The minimum Gasteiger partial charge on any atom is -0.464 e. The Kier molecular flexibility index (Phi) is 5.38. The minimum atomic E-state index is -0.750. The zero-order valence-electron chi connectivity index (χ0n) is 11.7. The Balaban J connectivity index is 2.88. The second-order valence-corrected chi connectivity index (χ2v) is 5.60. The van der Waals surface area contributed by atoms with Crippen molar-refractivity contribution in [1.29, 1.82) is 0 Å². The van der Waals surface area contributed by atoms with Gasteiger partial charge in [0.25, 0.3) is 0 Å². The van der Waals surface area contributed by atoms with E-state index in [-0.39, 0.29) is 5.70 Å². The lowest BCUT2D eigenvalue weighted by molar-refractivity contribution is -0.136. The predicted molar refractivity (Wildman–Crippen MR) is 75.8 cm³/mol. The fourth-order valence-corrected chi connectivity index (χ4v) is 1.54. The number of alkyl carbamates (subject to hydrolysis) is 1. The third-order valence-electron chi connectivity index (χ3n) is 1.92. The standard InChI is InChI=1S/C13H16BrNO5/c1-13(2,3)20-12(17)15-9(11(16)18-4)7-8-5-6-10(14)19-8/h5-7H,1-4H3,(H,15,17)/b9-7-. The number of methoxy groups -OCH3 is 1. The third kappa shape index (κ3) is 5.48.